The molecule has 0 fully saturated rings. The van der Waals surface area contributed by atoms with Crippen molar-refractivity contribution in [2.45, 2.75) is 39.7 Å². The van der Waals surface area contributed by atoms with Crippen molar-refractivity contribution < 1.29 is 4.79 Å². The van der Waals surface area contributed by atoms with Crippen molar-refractivity contribution in [3.63, 3.8) is 0 Å². The smallest absolute Gasteiger partial charge is 0.276 e. The summed E-state index contributed by atoms with van der Waals surface area (Å²) in [7, 11) is 0. The molecule has 0 saturated carbocycles. The highest BCUT2D eigenvalue weighted by Crippen LogP contribution is 2.22. The van der Waals surface area contributed by atoms with Crippen LogP contribution < -0.4 is 10.9 Å². The molecule has 0 unspecified atom stereocenters. The first-order chi connectivity index (χ1) is 13.0. The van der Waals surface area contributed by atoms with Crippen LogP contribution in [0, 0.1) is 6.92 Å². The van der Waals surface area contributed by atoms with Gasteiger partial charge < -0.3 is 5.32 Å². The first kappa shape index (κ1) is 19.1. The van der Waals surface area contributed by atoms with Gasteiger partial charge in [0, 0.05) is 22.6 Å². The molecule has 0 spiro atoms. The van der Waals surface area contributed by atoms with Crippen molar-refractivity contribution >= 4 is 34.0 Å². The second kappa shape index (κ2) is 8.35. The minimum absolute atomic E-state index is 0.169. The summed E-state index contributed by atoms with van der Waals surface area (Å²) < 4.78 is 1.40. The lowest BCUT2D eigenvalue weighted by Gasteiger charge is -2.12. The summed E-state index contributed by atoms with van der Waals surface area (Å²) in [6.07, 6.45) is 2.89. The number of aromatic nitrogens is 2. The van der Waals surface area contributed by atoms with E-state index in [0.29, 0.717) is 28.0 Å². The number of anilines is 1. The van der Waals surface area contributed by atoms with Crippen molar-refractivity contribution in [1.29, 1.82) is 0 Å². The predicted molar refractivity (Wildman–Crippen MR) is 110 cm³/mol. The molecule has 1 aromatic heterocycles. The second-order valence-electron chi connectivity index (χ2n) is 6.54. The molecule has 0 bridgehead atoms. The van der Waals surface area contributed by atoms with Gasteiger partial charge in [-0.1, -0.05) is 55.6 Å². The number of aryl methyl sites for hydroxylation is 2. The third-order valence-corrected chi connectivity index (χ3v) is 4.74. The van der Waals surface area contributed by atoms with E-state index in [0.717, 1.165) is 24.8 Å². The van der Waals surface area contributed by atoms with Gasteiger partial charge in [-0.25, -0.2) is 4.68 Å². The number of carbonyl (C=O) groups excluding carboxylic acids is 1. The molecule has 0 radical (unpaired) electrons. The molecule has 1 amide bonds. The van der Waals surface area contributed by atoms with Crippen LogP contribution in [0.25, 0.3) is 10.8 Å². The van der Waals surface area contributed by atoms with Gasteiger partial charge in [-0.3, -0.25) is 9.59 Å². The fourth-order valence-corrected chi connectivity index (χ4v) is 3.15. The lowest BCUT2D eigenvalue weighted by atomic mass is 10.1. The normalized spacial score (nSPS) is 10.9. The predicted octanol–water partition coefficient (Wildman–Crippen LogP) is 4.80. The quantitative estimate of drug-likeness (QED) is 0.622. The van der Waals surface area contributed by atoms with Gasteiger partial charge in [0.1, 0.15) is 0 Å². The first-order valence-electron chi connectivity index (χ1n) is 9.08. The highest BCUT2D eigenvalue weighted by atomic mass is 35.5. The van der Waals surface area contributed by atoms with Crippen LogP contribution >= 0.6 is 11.6 Å². The third kappa shape index (κ3) is 4.19. The van der Waals surface area contributed by atoms with Crippen molar-refractivity contribution in [2.24, 2.45) is 0 Å². The average Bonchev–Trinajstić information content (AvgIpc) is 2.66. The average molecular weight is 384 g/mol. The number of hydrogen-bond acceptors (Lipinski definition) is 3. The standard InChI is InChI=1S/C21H22ClN3O2/c1-3-4-7-12-25-21(27)17-9-6-5-8-16(17)19(24-25)20(26)23-18-13-15(22)11-10-14(18)2/h5-6,8-11,13H,3-4,7,12H2,1-2H3,(H,23,26). The van der Waals surface area contributed by atoms with E-state index in [1.807, 2.05) is 13.0 Å². The number of nitrogens with zero attached hydrogens (tertiary/aromatic N) is 2. The van der Waals surface area contributed by atoms with Crippen LogP contribution in [-0.2, 0) is 6.54 Å². The Morgan fingerprint density at radius 2 is 1.89 bits per heavy atom. The fraction of sp³-hybridized carbons (Fsp3) is 0.286. The van der Waals surface area contributed by atoms with Crippen molar-refractivity contribution in [2.75, 3.05) is 5.32 Å². The van der Waals surface area contributed by atoms with Crippen molar-refractivity contribution in [3.05, 3.63) is 69.1 Å². The van der Waals surface area contributed by atoms with E-state index in [4.69, 9.17) is 11.6 Å². The van der Waals surface area contributed by atoms with E-state index in [-0.39, 0.29) is 17.2 Å². The number of carbonyl (C=O) groups is 1. The van der Waals surface area contributed by atoms with E-state index in [1.54, 1.807) is 36.4 Å². The summed E-state index contributed by atoms with van der Waals surface area (Å²) in [6.45, 7) is 4.49. The molecule has 1 N–H and O–H groups in total. The van der Waals surface area contributed by atoms with Crippen LogP contribution in [0.2, 0.25) is 5.02 Å². The van der Waals surface area contributed by atoms with E-state index < -0.39 is 0 Å². The molecular weight excluding hydrogens is 362 g/mol. The van der Waals surface area contributed by atoms with Gasteiger partial charge in [0.15, 0.2) is 5.69 Å². The van der Waals surface area contributed by atoms with Crippen LogP contribution in [-0.4, -0.2) is 15.7 Å². The van der Waals surface area contributed by atoms with E-state index in [2.05, 4.69) is 17.3 Å². The maximum absolute atomic E-state index is 13.0. The minimum Gasteiger partial charge on any atom is -0.320 e. The Kier molecular flexibility index (Phi) is 5.91. The van der Waals surface area contributed by atoms with E-state index >= 15 is 0 Å². The molecule has 1 heterocycles. The Bertz CT molecular complexity index is 1040. The molecule has 2 aromatic carbocycles. The summed E-state index contributed by atoms with van der Waals surface area (Å²) in [5.41, 5.74) is 1.59. The maximum atomic E-state index is 13.0. The van der Waals surface area contributed by atoms with Gasteiger partial charge in [-0.15, -0.1) is 0 Å². The molecule has 0 aliphatic carbocycles. The number of nitrogens with one attached hydrogen (secondary N) is 1. The van der Waals surface area contributed by atoms with Crippen molar-refractivity contribution in [3.8, 4) is 0 Å². The van der Waals surface area contributed by atoms with E-state index in [9.17, 15) is 9.59 Å². The molecule has 5 nitrogen and oxygen atoms in total. The molecule has 0 aliphatic rings. The number of fused-ring (bicyclic) bond motifs is 1. The van der Waals surface area contributed by atoms with E-state index in [1.165, 1.54) is 4.68 Å². The molecule has 3 rings (SSSR count). The van der Waals surface area contributed by atoms with Crippen LogP contribution in [0.5, 0.6) is 0 Å². The topological polar surface area (TPSA) is 64.0 Å². The zero-order valence-electron chi connectivity index (χ0n) is 15.5. The maximum Gasteiger partial charge on any atom is 0.276 e. The van der Waals surface area contributed by atoms with Crippen molar-refractivity contribution in [1.82, 2.24) is 9.78 Å². The largest absolute Gasteiger partial charge is 0.320 e. The monoisotopic (exact) mass is 383 g/mol. The number of hydrogen-bond donors (Lipinski definition) is 1. The Labute approximate surface area is 163 Å². The Morgan fingerprint density at radius 3 is 2.63 bits per heavy atom. The highest BCUT2D eigenvalue weighted by molar-refractivity contribution is 6.31. The van der Waals surface area contributed by atoms with Crippen LogP contribution in [0.3, 0.4) is 0 Å². The molecular formula is C21H22ClN3O2. The zero-order valence-corrected chi connectivity index (χ0v) is 16.2. The summed E-state index contributed by atoms with van der Waals surface area (Å²) in [6, 6.07) is 12.4. The molecule has 6 heteroatoms. The second-order valence-corrected chi connectivity index (χ2v) is 6.98. The summed E-state index contributed by atoms with van der Waals surface area (Å²) >= 11 is 6.05. The van der Waals surface area contributed by atoms with Gasteiger partial charge in [-0.2, -0.15) is 5.10 Å². The third-order valence-electron chi connectivity index (χ3n) is 4.50. The minimum atomic E-state index is -0.360. The van der Waals surface area contributed by atoms with Gasteiger partial charge in [-0.05, 0) is 37.1 Å². The number of benzene rings is 2. The Hall–Kier alpha value is -2.66. The van der Waals surface area contributed by atoms with Gasteiger partial charge in [0.2, 0.25) is 0 Å². The lowest BCUT2D eigenvalue weighted by Crippen LogP contribution is -2.28. The summed E-state index contributed by atoms with van der Waals surface area (Å²) in [4.78, 5) is 25.7. The van der Waals surface area contributed by atoms with Gasteiger partial charge in [0.05, 0.1) is 5.39 Å². The molecule has 140 valence electrons. The number of halogens is 1. The summed E-state index contributed by atoms with van der Waals surface area (Å²) in [5, 5.41) is 8.84. The van der Waals surface area contributed by atoms with Gasteiger partial charge in [0.25, 0.3) is 11.5 Å². The molecule has 3 aromatic rings. The van der Waals surface area contributed by atoms with Crippen LogP contribution in [0.1, 0.15) is 42.2 Å². The SMILES string of the molecule is CCCCCn1nc(C(=O)Nc2cc(Cl)ccc2C)c2ccccc2c1=O. The Balaban J connectivity index is 2.03. The molecule has 27 heavy (non-hydrogen) atoms. The Morgan fingerprint density at radius 1 is 1.15 bits per heavy atom. The highest BCUT2D eigenvalue weighted by Gasteiger charge is 2.17. The number of unbranched alkanes of at least 4 members (excludes halogenated alkanes) is 2. The molecule has 0 atom stereocenters. The summed E-state index contributed by atoms with van der Waals surface area (Å²) in [5.74, 6) is -0.360. The van der Waals surface area contributed by atoms with Gasteiger partial charge >= 0.3 is 0 Å². The first-order valence-corrected chi connectivity index (χ1v) is 9.46. The van der Waals surface area contributed by atoms with Crippen LogP contribution in [0.15, 0.2) is 47.3 Å². The number of rotatable bonds is 6. The fourth-order valence-electron chi connectivity index (χ4n) is 2.98. The molecule has 0 aliphatic heterocycles. The van der Waals surface area contributed by atoms with Crippen LogP contribution in [0.4, 0.5) is 5.69 Å². The zero-order chi connectivity index (χ0) is 19.4. The number of amides is 1. The molecule has 0 saturated heterocycles. The lowest BCUT2D eigenvalue weighted by molar-refractivity contribution is 0.102.